The second kappa shape index (κ2) is 14.2. The summed E-state index contributed by atoms with van der Waals surface area (Å²) in [4.78, 5) is 0. The van der Waals surface area contributed by atoms with Crippen LogP contribution in [0.15, 0.2) is 0 Å². The van der Waals surface area contributed by atoms with Crippen LogP contribution >= 0.6 is 0 Å². The van der Waals surface area contributed by atoms with Crippen molar-refractivity contribution in [3.8, 4) is 0 Å². The Morgan fingerprint density at radius 3 is 2.05 bits per heavy atom. The van der Waals surface area contributed by atoms with E-state index >= 15 is 0 Å². The van der Waals surface area contributed by atoms with E-state index in [4.69, 9.17) is 10.5 Å². The molecule has 0 aromatic rings. The molecule has 0 fully saturated rings. The van der Waals surface area contributed by atoms with Gasteiger partial charge in [-0.05, 0) is 12.8 Å². The van der Waals surface area contributed by atoms with Crippen molar-refractivity contribution >= 4 is 0 Å². The van der Waals surface area contributed by atoms with Crippen LogP contribution in [0, 0.1) is 0 Å². The van der Waals surface area contributed by atoms with Crippen molar-refractivity contribution in [1.82, 2.24) is 0 Å². The fourth-order valence-corrected chi connectivity index (χ4v) is 2.09. The predicted octanol–water partition coefficient (Wildman–Crippen LogP) is 4.52. The fourth-order valence-electron chi connectivity index (χ4n) is 2.09. The van der Waals surface area contributed by atoms with Crippen LogP contribution in [0.25, 0.3) is 0 Å². The number of halogens is 2. The van der Waals surface area contributed by atoms with Crippen LogP contribution in [-0.2, 0) is 4.74 Å². The van der Waals surface area contributed by atoms with E-state index in [1.807, 2.05) is 0 Å². The van der Waals surface area contributed by atoms with Crippen LogP contribution in [0.2, 0.25) is 0 Å². The van der Waals surface area contributed by atoms with Crippen LogP contribution in [0.5, 0.6) is 0 Å². The van der Waals surface area contributed by atoms with Gasteiger partial charge < -0.3 is 10.5 Å². The van der Waals surface area contributed by atoms with E-state index in [0.717, 1.165) is 12.8 Å². The van der Waals surface area contributed by atoms with Gasteiger partial charge in [0.05, 0.1) is 0 Å². The number of nitrogens with two attached hydrogens (primary N) is 1. The van der Waals surface area contributed by atoms with E-state index in [1.54, 1.807) is 0 Å². The number of alkyl halides is 2. The fraction of sp³-hybridized carbons (Fsp3) is 1.00. The molecule has 0 saturated carbocycles. The van der Waals surface area contributed by atoms with E-state index in [9.17, 15) is 8.78 Å². The second-order valence-electron chi connectivity index (χ2n) is 5.28. The third-order valence-corrected chi connectivity index (χ3v) is 3.31. The van der Waals surface area contributed by atoms with Crippen LogP contribution < -0.4 is 5.73 Å². The summed E-state index contributed by atoms with van der Waals surface area (Å²) in [6.07, 6.45) is 9.64. The molecule has 0 amide bonds. The van der Waals surface area contributed by atoms with Gasteiger partial charge in [-0.1, -0.05) is 58.3 Å². The van der Waals surface area contributed by atoms with Crippen molar-refractivity contribution in [1.29, 1.82) is 0 Å². The van der Waals surface area contributed by atoms with Crippen LogP contribution in [0.4, 0.5) is 8.78 Å². The highest BCUT2D eigenvalue weighted by Crippen LogP contribution is 2.11. The van der Waals surface area contributed by atoms with Crippen LogP contribution in [0.1, 0.15) is 71.1 Å². The maximum Gasteiger partial charge on any atom is 0.261 e. The molecule has 2 N–H and O–H groups in total. The standard InChI is InChI=1S/C15H31F2NO/c1-2-3-4-5-6-7-8-9-10-14(18)11-12-19-13-15(16)17/h14-15H,2-13,18H2,1H3. The molecular weight excluding hydrogens is 248 g/mol. The SMILES string of the molecule is CCCCCCCCCCC(N)CCOCC(F)F. The van der Waals surface area contributed by atoms with E-state index in [1.165, 1.54) is 44.9 Å². The summed E-state index contributed by atoms with van der Waals surface area (Å²) in [6.45, 7) is 2.11. The Morgan fingerprint density at radius 2 is 1.47 bits per heavy atom. The van der Waals surface area contributed by atoms with Crippen molar-refractivity contribution in [2.24, 2.45) is 5.73 Å². The number of hydrogen-bond donors (Lipinski definition) is 1. The van der Waals surface area contributed by atoms with Gasteiger partial charge in [-0.2, -0.15) is 0 Å². The minimum absolute atomic E-state index is 0.0952. The van der Waals surface area contributed by atoms with Gasteiger partial charge in [-0.25, -0.2) is 8.78 Å². The van der Waals surface area contributed by atoms with Crippen molar-refractivity contribution < 1.29 is 13.5 Å². The molecule has 0 rings (SSSR count). The Balaban J connectivity index is 3.13. The zero-order valence-corrected chi connectivity index (χ0v) is 12.4. The van der Waals surface area contributed by atoms with Gasteiger partial charge in [0.25, 0.3) is 6.43 Å². The van der Waals surface area contributed by atoms with Crippen LogP contribution in [0.3, 0.4) is 0 Å². The molecule has 0 aromatic heterocycles. The Morgan fingerprint density at radius 1 is 0.895 bits per heavy atom. The summed E-state index contributed by atoms with van der Waals surface area (Å²) in [7, 11) is 0. The minimum Gasteiger partial charge on any atom is -0.375 e. The molecule has 2 nitrogen and oxygen atoms in total. The molecule has 4 heteroatoms. The topological polar surface area (TPSA) is 35.2 Å². The maximum atomic E-state index is 11.8. The molecule has 0 spiro atoms. The zero-order chi connectivity index (χ0) is 14.3. The summed E-state index contributed by atoms with van der Waals surface area (Å²) in [5, 5.41) is 0. The van der Waals surface area contributed by atoms with Crippen molar-refractivity contribution in [2.75, 3.05) is 13.2 Å². The second-order valence-corrected chi connectivity index (χ2v) is 5.28. The van der Waals surface area contributed by atoms with Gasteiger partial charge in [-0.15, -0.1) is 0 Å². The molecule has 0 aromatic carbocycles. The third kappa shape index (κ3) is 15.7. The molecule has 116 valence electrons. The first-order valence-corrected chi connectivity index (χ1v) is 7.78. The largest absolute Gasteiger partial charge is 0.375 e. The average Bonchev–Trinajstić information content (AvgIpc) is 2.37. The van der Waals surface area contributed by atoms with E-state index in [-0.39, 0.29) is 6.04 Å². The number of rotatable bonds is 14. The molecular formula is C15H31F2NO. The van der Waals surface area contributed by atoms with Gasteiger partial charge in [0.2, 0.25) is 0 Å². The molecule has 0 radical (unpaired) electrons. The van der Waals surface area contributed by atoms with Gasteiger partial charge in [-0.3, -0.25) is 0 Å². The van der Waals surface area contributed by atoms with E-state index < -0.39 is 13.0 Å². The van der Waals surface area contributed by atoms with Crippen molar-refractivity contribution in [2.45, 2.75) is 83.6 Å². The number of hydrogen-bond acceptors (Lipinski definition) is 2. The average molecular weight is 279 g/mol. The number of ether oxygens (including phenoxy) is 1. The van der Waals surface area contributed by atoms with Gasteiger partial charge in [0.1, 0.15) is 6.61 Å². The molecule has 1 unspecified atom stereocenters. The summed E-state index contributed by atoms with van der Waals surface area (Å²) in [6, 6.07) is 0.0952. The van der Waals surface area contributed by atoms with Crippen molar-refractivity contribution in [3.05, 3.63) is 0 Å². The molecule has 0 aliphatic heterocycles. The lowest BCUT2D eigenvalue weighted by Gasteiger charge is -2.11. The Kier molecular flexibility index (Phi) is 14.0. The maximum absolute atomic E-state index is 11.8. The monoisotopic (exact) mass is 279 g/mol. The lowest BCUT2D eigenvalue weighted by molar-refractivity contribution is 0.0150. The molecule has 1 atom stereocenters. The van der Waals surface area contributed by atoms with E-state index in [0.29, 0.717) is 13.0 Å². The lowest BCUT2D eigenvalue weighted by Crippen LogP contribution is -2.22. The molecule has 0 heterocycles. The molecule has 0 bridgehead atoms. The number of unbranched alkanes of at least 4 members (excludes halogenated alkanes) is 7. The predicted molar refractivity (Wildman–Crippen MR) is 76.6 cm³/mol. The third-order valence-electron chi connectivity index (χ3n) is 3.31. The Labute approximate surface area is 117 Å². The molecule has 0 saturated heterocycles. The highest BCUT2D eigenvalue weighted by atomic mass is 19.3. The summed E-state index contributed by atoms with van der Waals surface area (Å²) in [5.74, 6) is 0. The first-order chi connectivity index (χ1) is 9.16. The molecule has 19 heavy (non-hydrogen) atoms. The molecule has 0 aliphatic rings. The quantitative estimate of drug-likeness (QED) is 0.475. The Hall–Kier alpha value is -0.220. The first kappa shape index (κ1) is 18.8. The molecule has 0 aliphatic carbocycles. The lowest BCUT2D eigenvalue weighted by atomic mass is 10.0. The van der Waals surface area contributed by atoms with Crippen LogP contribution in [-0.4, -0.2) is 25.7 Å². The highest BCUT2D eigenvalue weighted by molar-refractivity contribution is 4.61. The first-order valence-electron chi connectivity index (χ1n) is 7.78. The Bertz CT molecular complexity index is 180. The summed E-state index contributed by atoms with van der Waals surface area (Å²) < 4.78 is 28.4. The minimum atomic E-state index is -2.37. The van der Waals surface area contributed by atoms with Crippen molar-refractivity contribution in [3.63, 3.8) is 0 Å². The van der Waals surface area contributed by atoms with Gasteiger partial charge in [0.15, 0.2) is 0 Å². The smallest absolute Gasteiger partial charge is 0.261 e. The summed E-state index contributed by atoms with van der Waals surface area (Å²) >= 11 is 0. The van der Waals surface area contributed by atoms with Gasteiger partial charge >= 0.3 is 0 Å². The normalized spacial score (nSPS) is 13.1. The zero-order valence-electron chi connectivity index (χ0n) is 12.4. The van der Waals surface area contributed by atoms with E-state index in [2.05, 4.69) is 6.92 Å². The summed E-state index contributed by atoms with van der Waals surface area (Å²) in [5.41, 5.74) is 5.90. The highest BCUT2D eigenvalue weighted by Gasteiger charge is 2.05. The van der Waals surface area contributed by atoms with Gasteiger partial charge in [0, 0.05) is 12.6 Å².